The van der Waals surface area contributed by atoms with Crippen molar-refractivity contribution >= 4 is 17.8 Å². The van der Waals surface area contributed by atoms with E-state index < -0.39 is 6.56 Å². The summed E-state index contributed by atoms with van der Waals surface area (Å²) in [5.41, 5.74) is 0. The molecular weight excluding hydrogens is 255 g/mol. The number of rotatable bonds is 5. The standard InChI is InChI=1S/C11H28ClN4P/c1-14(2)17(12,15(3)4,16(5)6)13-11-9-7-8-10-11/h11,13H,7-10H2,1-6H3. The van der Waals surface area contributed by atoms with Gasteiger partial charge in [0.1, 0.15) is 0 Å². The molecule has 1 aliphatic carbocycles. The molecular formula is C11H28ClN4P. The third kappa shape index (κ3) is 2.49. The van der Waals surface area contributed by atoms with Crippen molar-refractivity contribution in [1.29, 1.82) is 0 Å². The second kappa shape index (κ2) is 5.28. The molecule has 1 fully saturated rings. The van der Waals surface area contributed by atoms with Crippen LogP contribution in [-0.4, -0.2) is 62.3 Å². The summed E-state index contributed by atoms with van der Waals surface area (Å²) in [5.74, 6) is 0. The van der Waals surface area contributed by atoms with E-state index in [1.165, 1.54) is 25.7 Å². The molecule has 0 aromatic heterocycles. The van der Waals surface area contributed by atoms with Crippen LogP contribution in [0.2, 0.25) is 0 Å². The molecule has 0 saturated heterocycles. The third-order valence-electron chi connectivity index (χ3n) is 3.89. The van der Waals surface area contributed by atoms with Crippen LogP contribution < -0.4 is 5.09 Å². The quantitative estimate of drug-likeness (QED) is 0.783. The van der Waals surface area contributed by atoms with Crippen molar-refractivity contribution < 1.29 is 0 Å². The average molecular weight is 283 g/mol. The zero-order valence-corrected chi connectivity index (χ0v) is 13.7. The molecule has 0 atom stereocenters. The van der Waals surface area contributed by atoms with Crippen LogP contribution in [0.25, 0.3) is 0 Å². The van der Waals surface area contributed by atoms with Crippen molar-refractivity contribution in [3.05, 3.63) is 0 Å². The molecule has 0 aromatic rings. The second-order valence-electron chi connectivity index (χ2n) is 5.53. The van der Waals surface area contributed by atoms with Crippen molar-refractivity contribution in [2.24, 2.45) is 0 Å². The Labute approximate surface area is 111 Å². The van der Waals surface area contributed by atoms with Crippen LogP contribution >= 0.6 is 17.8 Å². The molecule has 104 valence electrons. The van der Waals surface area contributed by atoms with Gasteiger partial charge in [-0.3, -0.25) is 0 Å². The van der Waals surface area contributed by atoms with E-state index in [0.717, 1.165) is 0 Å². The summed E-state index contributed by atoms with van der Waals surface area (Å²) in [5, 5.41) is 3.78. The fourth-order valence-corrected chi connectivity index (χ4v) is 6.93. The summed E-state index contributed by atoms with van der Waals surface area (Å²) in [6, 6.07) is 0.539. The fourth-order valence-electron chi connectivity index (χ4n) is 2.79. The molecule has 0 amide bonds. The minimum atomic E-state index is -2.86. The Balaban J connectivity index is 3.06. The Bertz CT molecular complexity index is 240. The van der Waals surface area contributed by atoms with Crippen LogP contribution in [0, 0.1) is 0 Å². The van der Waals surface area contributed by atoms with Gasteiger partial charge in [-0.1, -0.05) is 0 Å². The Hall–Kier alpha value is 0.560. The molecule has 0 radical (unpaired) electrons. The zero-order valence-electron chi connectivity index (χ0n) is 12.1. The molecule has 0 bridgehead atoms. The molecule has 0 spiro atoms. The Morgan fingerprint density at radius 2 is 1.24 bits per heavy atom. The van der Waals surface area contributed by atoms with Crippen molar-refractivity contribution in [3.63, 3.8) is 0 Å². The molecule has 1 N–H and O–H groups in total. The summed E-state index contributed by atoms with van der Waals surface area (Å²) in [6.45, 7) is -2.86. The van der Waals surface area contributed by atoms with Gasteiger partial charge in [0, 0.05) is 0 Å². The first-order valence-corrected chi connectivity index (χ1v) is 9.28. The van der Waals surface area contributed by atoms with E-state index in [-0.39, 0.29) is 0 Å². The van der Waals surface area contributed by atoms with Gasteiger partial charge in [0.2, 0.25) is 0 Å². The van der Waals surface area contributed by atoms with Gasteiger partial charge in [-0.25, -0.2) is 0 Å². The van der Waals surface area contributed by atoms with Gasteiger partial charge in [-0.2, -0.15) is 0 Å². The Morgan fingerprint density at radius 1 is 0.882 bits per heavy atom. The van der Waals surface area contributed by atoms with E-state index in [9.17, 15) is 0 Å². The fraction of sp³-hybridized carbons (Fsp3) is 1.00. The molecule has 6 heteroatoms. The third-order valence-corrected chi connectivity index (χ3v) is 12.0. The minimum absolute atomic E-state index is 0.539. The Morgan fingerprint density at radius 3 is 1.53 bits per heavy atom. The van der Waals surface area contributed by atoms with Crippen LogP contribution in [0.1, 0.15) is 25.7 Å². The van der Waals surface area contributed by atoms with Gasteiger partial charge in [0.05, 0.1) is 0 Å². The number of hydrogen-bond donors (Lipinski definition) is 1. The van der Waals surface area contributed by atoms with Gasteiger partial charge < -0.3 is 0 Å². The van der Waals surface area contributed by atoms with Gasteiger partial charge in [-0.05, 0) is 0 Å². The van der Waals surface area contributed by atoms with Gasteiger partial charge >= 0.3 is 111 Å². The van der Waals surface area contributed by atoms with Crippen LogP contribution in [0.15, 0.2) is 0 Å². The van der Waals surface area contributed by atoms with Crippen molar-refractivity contribution in [3.8, 4) is 0 Å². The Kier molecular flexibility index (Phi) is 4.85. The van der Waals surface area contributed by atoms with E-state index in [4.69, 9.17) is 11.2 Å². The van der Waals surface area contributed by atoms with Gasteiger partial charge in [0.15, 0.2) is 0 Å². The first-order valence-electron chi connectivity index (χ1n) is 6.28. The molecule has 4 nitrogen and oxygen atoms in total. The number of halogens is 1. The molecule has 0 aliphatic heterocycles. The van der Waals surface area contributed by atoms with Crippen molar-refractivity contribution in [2.75, 3.05) is 42.3 Å². The van der Waals surface area contributed by atoms with Crippen molar-refractivity contribution in [2.45, 2.75) is 31.7 Å². The van der Waals surface area contributed by atoms with E-state index in [1.54, 1.807) is 0 Å². The maximum atomic E-state index is 7.18. The van der Waals surface area contributed by atoms with Crippen LogP contribution in [-0.2, 0) is 0 Å². The molecule has 0 unspecified atom stereocenters. The normalized spacial score (nSPS) is 21.4. The predicted molar refractivity (Wildman–Crippen MR) is 79.2 cm³/mol. The summed E-state index contributed by atoms with van der Waals surface area (Å²) in [7, 11) is 12.4. The van der Waals surface area contributed by atoms with Crippen LogP contribution in [0.5, 0.6) is 0 Å². The number of nitrogens with one attached hydrogen (secondary N) is 1. The monoisotopic (exact) mass is 282 g/mol. The van der Waals surface area contributed by atoms with E-state index >= 15 is 0 Å². The summed E-state index contributed by atoms with van der Waals surface area (Å²) in [6.07, 6.45) is 5.10. The molecule has 1 rings (SSSR count). The number of hydrogen-bond acceptors (Lipinski definition) is 4. The topological polar surface area (TPSA) is 21.8 Å². The molecule has 17 heavy (non-hydrogen) atoms. The molecule has 0 heterocycles. The van der Waals surface area contributed by atoms with Crippen molar-refractivity contribution in [1.82, 2.24) is 19.1 Å². The molecule has 1 saturated carbocycles. The first-order chi connectivity index (χ1) is 7.73. The number of nitrogens with zero attached hydrogens (tertiary/aromatic N) is 3. The summed E-state index contributed by atoms with van der Waals surface area (Å²) in [4.78, 5) is 0. The zero-order chi connectivity index (χ0) is 13.3. The van der Waals surface area contributed by atoms with Crippen LogP contribution in [0.3, 0.4) is 0 Å². The summed E-state index contributed by atoms with van der Waals surface area (Å²) >= 11 is 7.18. The van der Waals surface area contributed by atoms with E-state index in [0.29, 0.717) is 6.04 Å². The van der Waals surface area contributed by atoms with Gasteiger partial charge in [0.25, 0.3) is 0 Å². The van der Waals surface area contributed by atoms with Crippen LogP contribution in [0.4, 0.5) is 0 Å². The second-order valence-corrected chi connectivity index (χ2v) is 11.8. The summed E-state index contributed by atoms with van der Waals surface area (Å²) < 4.78 is 6.47. The van der Waals surface area contributed by atoms with E-state index in [1.807, 2.05) is 0 Å². The molecule has 1 aliphatic rings. The predicted octanol–water partition coefficient (Wildman–Crippen LogP) is 2.57. The average Bonchev–Trinajstić information content (AvgIpc) is 2.69. The first kappa shape index (κ1) is 15.6. The maximum absolute atomic E-state index is 7.18. The SMILES string of the molecule is CN(C)P(Cl)(NC1CCCC1)(N(C)C)N(C)C. The molecule has 0 aromatic carbocycles. The van der Waals surface area contributed by atoms with E-state index in [2.05, 4.69) is 61.4 Å². The van der Waals surface area contributed by atoms with Gasteiger partial charge in [-0.15, -0.1) is 0 Å².